The van der Waals surface area contributed by atoms with Crippen molar-refractivity contribution in [2.24, 2.45) is 4.99 Å². The molecule has 0 saturated carbocycles. The Morgan fingerprint density at radius 3 is 2.79 bits per heavy atom. The second-order valence-electron chi connectivity index (χ2n) is 3.23. The fourth-order valence-electron chi connectivity index (χ4n) is 1.45. The number of ketones is 1. The van der Waals surface area contributed by atoms with Crippen LogP contribution in [-0.4, -0.2) is 11.5 Å². The fourth-order valence-corrected chi connectivity index (χ4v) is 2.76. The van der Waals surface area contributed by atoms with E-state index in [4.69, 9.17) is 0 Å². The van der Waals surface area contributed by atoms with Crippen molar-refractivity contribution in [2.75, 3.05) is 0 Å². The van der Waals surface area contributed by atoms with Crippen LogP contribution in [0.2, 0.25) is 0 Å². The quantitative estimate of drug-likeness (QED) is 0.714. The van der Waals surface area contributed by atoms with Gasteiger partial charge in [-0.2, -0.15) is 0 Å². The van der Waals surface area contributed by atoms with E-state index in [1.807, 2.05) is 19.1 Å². The molecule has 1 aliphatic rings. The van der Waals surface area contributed by atoms with E-state index in [1.54, 1.807) is 0 Å². The smallest absolute Gasteiger partial charge is 0.170 e. The molecule has 0 bridgehead atoms. The third kappa shape index (κ3) is 1.68. The average molecular weight is 317 g/mol. The molecular weight excluding hydrogens is 310 g/mol. The molecule has 1 aliphatic heterocycles. The zero-order chi connectivity index (χ0) is 10.3. The van der Waals surface area contributed by atoms with Crippen LogP contribution in [0.15, 0.2) is 26.1 Å². The maximum Gasteiger partial charge on any atom is 0.170 e. The molecule has 0 saturated heterocycles. The fraction of sp³-hybridized carbons (Fsp3) is 0.200. The van der Waals surface area contributed by atoms with E-state index in [2.05, 4.69) is 36.9 Å². The molecule has 14 heavy (non-hydrogen) atoms. The number of hydrogen-bond donors (Lipinski definition) is 0. The predicted octanol–water partition coefficient (Wildman–Crippen LogP) is 3.89. The van der Waals surface area contributed by atoms with E-state index < -0.39 is 0 Å². The van der Waals surface area contributed by atoms with Crippen molar-refractivity contribution in [1.82, 2.24) is 0 Å². The van der Waals surface area contributed by atoms with E-state index in [1.165, 1.54) is 0 Å². The molecule has 0 atom stereocenters. The number of Topliss-reactive ketones (excluding diaryl/α,β-unsaturated/α-hetero) is 1. The summed E-state index contributed by atoms with van der Waals surface area (Å²) in [5.74, 6) is 0.134. The molecule has 0 aromatic heterocycles. The Kier molecular flexibility index (Phi) is 2.58. The highest BCUT2D eigenvalue weighted by molar-refractivity contribution is 9.11. The van der Waals surface area contributed by atoms with Crippen molar-refractivity contribution >= 4 is 49.0 Å². The van der Waals surface area contributed by atoms with Gasteiger partial charge in [0, 0.05) is 26.6 Å². The number of fused-ring (bicyclic) bond motifs is 1. The summed E-state index contributed by atoms with van der Waals surface area (Å²) in [6.45, 7) is 1.87. The number of nitrogens with zero attached hydrogens (tertiary/aromatic N) is 1. The molecule has 2 nitrogen and oxygen atoms in total. The third-order valence-electron chi connectivity index (χ3n) is 2.05. The Morgan fingerprint density at radius 2 is 2.07 bits per heavy atom. The molecule has 0 spiro atoms. The van der Waals surface area contributed by atoms with Gasteiger partial charge < -0.3 is 0 Å². The summed E-state index contributed by atoms with van der Waals surface area (Å²) in [6.07, 6.45) is 0.426. The van der Waals surface area contributed by atoms with Crippen LogP contribution in [0.4, 0.5) is 5.69 Å². The summed E-state index contributed by atoms with van der Waals surface area (Å²) < 4.78 is 1.75. The maximum absolute atomic E-state index is 11.7. The predicted molar refractivity (Wildman–Crippen MR) is 63.6 cm³/mol. The van der Waals surface area contributed by atoms with Gasteiger partial charge in [0.2, 0.25) is 0 Å². The number of halogens is 2. The van der Waals surface area contributed by atoms with Crippen LogP contribution in [0.25, 0.3) is 0 Å². The van der Waals surface area contributed by atoms with Crippen molar-refractivity contribution in [3.8, 4) is 0 Å². The minimum atomic E-state index is 0.134. The molecule has 1 heterocycles. The van der Waals surface area contributed by atoms with E-state index in [0.29, 0.717) is 12.0 Å². The van der Waals surface area contributed by atoms with E-state index in [-0.39, 0.29) is 5.78 Å². The first kappa shape index (κ1) is 10.1. The molecule has 0 radical (unpaired) electrons. The highest BCUT2D eigenvalue weighted by Crippen LogP contribution is 2.36. The van der Waals surface area contributed by atoms with Gasteiger partial charge in [0.1, 0.15) is 0 Å². The highest BCUT2D eigenvalue weighted by atomic mass is 79.9. The summed E-state index contributed by atoms with van der Waals surface area (Å²) >= 11 is 6.75. The summed E-state index contributed by atoms with van der Waals surface area (Å²) in [7, 11) is 0. The first-order valence-corrected chi connectivity index (χ1v) is 5.73. The Morgan fingerprint density at radius 1 is 1.36 bits per heavy atom. The van der Waals surface area contributed by atoms with Gasteiger partial charge in [0.05, 0.1) is 5.69 Å². The molecule has 1 aromatic rings. The van der Waals surface area contributed by atoms with E-state index in [9.17, 15) is 4.79 Å². The van der Waals surface area contributed by atoms with Crippen LogP contribution >= 0.6 is 31.9 Å². The van der Waals surface area contributed by atoms with Gasteiger partial charge in [-0.25, -0.2) is 0 Å². The first-order chi connectivity index (χ1) is 6.58. The third-order valence-corrected chi connectivity index (χ3v) is 3.11. The lowest BCUT2D eigenvalue weighted by atomic mass is 10.0. The van der Waals surface area contributed by atoms with Crippen LogP contribution in [0.5, 0.6) is 0 Å². The van der Waals surface area contributed by atoms with Crippen LogP contribution in [0, 0.1) is 0 Å². The number of aliphatic imine (C=N–C) groups is 1. The number of hydrogen-bond acceptors (Lipinski definition) is 2. The molecule has 0 aliphatic carbocycles. The van der Waals surface area contributed by atoms with Gasteiger partial charge in [0.15, 0.2) is 5.78 Å². The molecule has 4 heteroatoms. The first-order valence-electron chi connectivity index (χ1n) is 4.14. The van der Waals surface area contributed by atoms with Gasteiger partial charge >= 0.3 is 0 Å². The molecule has 0 N–H and O–H groups in total. The van der Waals surface area contributed by atoms with Crippen molar-refractivity contribution in [2.45, 2.75) is 13.3 Å². The Labute approximate surface area is 98.7 Å². The van der Waals surface area contributed by atoms with Gasteiger partial charge in [-0.05, 0) is 35.0 Å². The SMILES string of the molecule is CC1=Nc2c(Br)cc(Br)cc2C(=O)C1. The molecule has 0 unspecified atom stereocenters. The van der Waals surface area contributed by atoms with Gasteiger partial charge in [0.25, 0.3) is 0 Å². The van der Waals surface area contributed by atoms with Gasteiger partial charge in [-0.1, -0.05) is 15.9 Å². The average Bonchev–Trinajstić information content (AvgIpc) is 2.07. The van der Waals surface area contributed by atoms with Crippen LogP contribution in [0.3, 0.4) is 0 Å². The molecule has 2 rings (SSSR count). The topological polar surface area (TPSA) is 29.4 Å². The minimum absolute atomic E-state index is 0.134. The van der Waals surface area contributed by atoms with Gasteiger partial charge in [-0.15, -0.1) is 0 Å². The summed E-state index contributed by atoms with van der Waals surface area (Å²) in [5.41, 5.74) is 2.31. The number of rotatable bonds is 0. The molecule has 72 valence electrons. The Balaban J connectivity index is 2.72. The number of carbonyl (C=O) groups excluding carboxylic acids is 1. The largest absolute Gasteiger partial charge is 0.294 e. The Bertz CT molecular complexity index is 452. The van der Waals surface area contributed by atoms with Crippen molar-refractivity contribution in [3.63, 3.8) is 0 Å². The standard InChI is InChI=1S/C10H7Br2NO/c1-5-2-9(14)7-3-6(11)4-8(12)10(7)13-5/h3-4H,2H2,1H3. The normalized spacial score (nSPS) is 15.1. The van der Waals surface area contributed by atoms with Gasteiger partial charge in [-0.3, -0.25) is 9.79 Å². The lowest BCUT2D eigenvalue weighted by Gasteiger charge is -2.13. The second kappa shape index (κ2) is 3.59. The minimum Gasteiger partial charge on any atom is -0.294 e. The zero-order valence-electron chi connectivity index (χ0n) is 7.47. The van der Waals surface area contributed by atoms with Crippen molar-refractivity contribution < 1.29 is 4.79 Å². The zero-order valence-corrected chi connectivity index (χ0v) is 10.6. The summed E-state index contributed by atoms with van der Waals surface area (Å²) in [5, 5.41) is 0. The monoisotopic (exact) mass is 315 g/mol. The molecular formula is C10H7Br2NO. The second-order valence-corrected chi connectivity index (χ2v) is 5.00. The number of benzene rings is 1. The van der Waals surface area contributed by atoms with E-state index >= 15 is 0 Å². The van der Waals surface area contributed by atoms with Crippen molar-refractivity contribution in [3.05, 3.63) is 26.6 Å². The lowest BCUT2D eigenvalue weighted by molar-refractivity contribution is 0.0999. The van der Waals surface area contributed by atoms with Crippen LogP contribution < -0.4 is 0 Å². The lowest BCUT2D eigenvalue weighted by Crippen LogP contribution is -2.10. The highest BCUT2D eigenvalue weighted by Gasteiger charge is 2.20. The summed E-state index contributed by atoms with van der Waals surface area (Å²) in [4.78, 5) is 16.0. The molecule has 0 amide bonds. The van der Waals surface area contributed by atoms with Crippen LogP contribution in [0.1, 0.15) is 23.7 Å². The Hall–Kier alpha value is -0.480. The van der Waals surface area contributed by atoms with Crippen molar-refractivity contribution in [1.29, 1.82) is 0 Å². The van der Waals surface area contributed by atoms with Crippen LogP contribution in [-0.2, 0) is 0 Å². The van der Waals surface area contributed by atoms with E-state index in [0.717, 1.165) is 20.3 Å². The molecule has 0 fully saturated rings. The molecule has 1 aromatic carbocycles. The summed E-state index contributed by atoms with van der Waals surface area (Å²) in [6, 6.07) is 3.71. The number of carbonyl (C=O) groups is 1. The maximum atomic E-state index is 11.7.